The minimum atomic E-state index is -0.157. The number of nitrogens with zero attached hydrogens (tertiary/aromatic N) is 1. The van der Waals surface area contributed by atoms with E-state index in [0.717, 1.165) is 5.69 Å². The first-order valence-corrected chi connectivity index (χ1v) is 7.08. The molecule has 0 bridgehead atoms. The Morgan fingerprint density at radius 1 is 1.05 bits per heavy atom. The Morgan fingerprint density at radius 3 is 2.45 bits per heavy atom. The highest BCUT2D eigenvalue weighted by molar-refractivity contribution is 6.04. The molecule has 5 nitrogen and oxygen atoms in total. The summed E-state index contributed by atoms with van der Waals surface area (Å²) in [4.78, 5) is 25.5. The number of ether oxygens (including phenoxy) is 1. The van der Waals surface area contributed by atoms with Gasteiger partial charge in [0.15, 0.2) is 0 Å². The van der Waals surface area contributed by atoms with Crippen LogP contribution in [0.15, 0.2) is 54.6 Å². The number of benzene rings is 2. The van der Waals surface area contributed by atoms with Crippen LogP contribution in [0, 0.1) is 0 Å². The van der Waals surface area contributed by atoms with E-state index in [1.807, 2.05) is 30.3 Å². The molecule has 1 heterocycles. The van der Waals surface area contributed by atoms with Crippen molar-refractivity contribution in [1.29, 1.82) is 0 Å². The lowest BCUT2D eigenvalue weighted by Crippen LogP contribution is -2.41. The Bertz CT molecular complexity index is 668. The number of anilines is 2. The second-order valence-corrected chi connectivity index (χ2v) is 4.96. The maximum atomic E-state index is 12.1. The molecular weight excluding hydrogens is 280 g/mol. The summed E-state index contributed by atoms with van der Waals surface area (Å²) in [5.41, 5.74) is 2.11. The fourth-order valence-electron chi connectivity index (χ4n) is 2.31. The van der Waals surface area contributed by atoms with Crippen molar-refractivity contribution in [2.75, 3.05) is 30.0 Å². The average Bonchev–Trinajstić information content (AvgIpc) is 2.57. The van der Waals surface area contributed by atoms with Gasteiger partial charge in [-0.2, -0.15) is 0 Å². The lowest BCUT2D eigenvalue weighted by Gasteiger charge is -2.26. The number of nitrogens with one attached hydrogen (secondary N) is 1. The van der Waals surface area contributed by atoms with Gasteiger partial charge in [0.1, 0.15) is 6.61 Å². The van der Waals surface area contributed by atoms with Crippen LogP contribution in [0.2, 0.25) is 0 Å². The molecule has 2 aromatic carbocycles. The third-order valence-electron chi connectivity index (χ3n) is 3.46. The molecule has 0 radical (unpaired) electrons. The van der Waals surface area contributed by atoms with Gasteiger partial charge in [0.05, 0.1) is 6.61 Å². The summed E-state index contributed by atoms with van der Waals surface area (Å²) in [7, 11) is 0. The van der Waals surface area contributed by atoms with E-state index in [9.17, 15) is 9.59 Å². The van der Waals surface area contributed by atoms with Crippen molar-refractivity contribution in [2.45, 2.75) is 0 Å². The molecule has 0 spiro atoms. The molecule has 1 saturated heterocycles. The topological polar surface area (TPSA) is 58.6 Å². The number of amides is 2. The van der Waals surface area contributed by atoms with Crippen molar-refractivity contribution in [3.8, 4) is 0 Å². The molecule has 2 aromatic rings. The van der Waals surface area contributed by atoms with Crippen molar-refractivity contribution in [3.05, 3.63) is 60.2 Å². The molecule has 1 aliphatic heterocycles. The molecule has 3 rings (SSSR count). The molecule has 1 aliphatic rings. The van der Waals surface area contributed by atoms with Gasteiger partial charge >= 0.3 is 0 Å². The number of morpholine rings is 1. The predicted octanol–water partition coefficient (Wildman–Crippen LogP) is 2.30. The smallest absolute Gasteiger partial charge is 0.255 e. The highest BCUT2D eigenvalue weighted by Crippen LogP contribution is 2.20. The van der Waals surface area contributed by atoms with Gasteiger partial charge in [-0.3, -0.25) is 9.59 Å². The maximum absolute atomic E-state index is 12.1. The van der Waals surface area contributed by atoms with Gasteiger partial charge in [-0.1, -0.05) is 18.2 Å². The number of carbonyl (C=O) groups excluding carboxylic acids is 2. The summed E-state index contributed by atoms with van der Waals surface area (Å²) in [5.74, 6) is -0.205. The first-order valence-electron chi connectivity index (χ1n) is 7.08. The predicted molar refractivity (Wildman–Crippen MR) is 84.0 cm³/mol. The van der Waals surface area contributed by atoms with Crippen LogP contribution in [0.4, 0.5) is 11.4 Å². The molecule has 0 unspecified atom stereocenters. The van der Waals surface area contributed by atoms with Gasteiger partial charge in [0.2, 0.25) is 0 Å². The van der Waals surface area contributed by atoms with Crippen LogP contribution >= 0.6 is 0 Å². The lowest BCUT2D eigenvalue weighted by molar-refractivity contribution is -0.125. The Kier molecular flexibility index (Phi) is 4.16. The second kappa shape index (κ2) is 6.41. The molecule has 0 aromatic heterocycles. The van der Waals surface area contributed by atoms with E-state index < -0.39 is 0 Å². The zero-order chi connectivity index (χ0) is 15.4. The number of carbonyl (C=O) groups is 2. The molecule has 0 aliphatic carbocycles. The van der Waals surface area contributed by atoms with Crippen LogP contribution in [0.25, 0.3) is 0 Å². The van der Waals surface area contributed by atoms with Crippen molar-refractivity contribution in [2.24, 2.45) is 0 Å². The average molecular weight is 296 g/mol. The van der Waals surface area contributed by atoms with Gasteiger partial charge in [-0.05, 0) is 36.4 Å². The summed E-state index contributed by atoms with van der Waals surface area (Å²) < 4.78 is 5.11. The van der Waals surface area contributed by atoms with E-state index in [4.69, 9.17) is 4.74 Å². The number of hydrogen-bond acceptors (Lipinski definition) is 3. The van der Waals surface area contributed by atoms with Crippen LogP contribution in [0.1, 0.15) is 10.4 Å². The SMILES string of the molecule is O=C(Nc1ccc(N2CCOCC2=O)cc1)c1ccccc1. The Balaban J connectivity index is 1.69. The highest BCUT2D eigenvalue weighted by Gasteiger charge is 2.19. The van der Waals surface area contributed by atoms with Crippen LogP contribution in [0.3, 0.4) is 0 Å². The first-order chi connectivity index (χ1) is 10.7. The van der Waals surface area contributed by atoms with Crippen LogP contribution < -0.4 is 10.2 Å². The zero-order valence-electron chi connectivity index (χ0n) is 12.0. The Morgan fingerprint density at radius 2 is 1.77 bits per heavy atom. The maximum Gasteiger partial charge on any atom is 0.255 e. The van der Waals surface area contributed by atoms with Gasteiger partial charge in [0.25, 0.3) is 11.8 Å². The second-order valence-electron chi connectivity index (χ2n) is 4.96. The molecule has 1 N–H and O–H groups in total. The van der Waals surface area contributed by atoms with E-state index in [2.05, 4.69) is 5.32 Å². The fraction of sp³-hybridized carbons (Fsp3) is 0.176. The Hall–Kier alpha value is -2.66. The molecular formula is C17H16N2O3. The monoisotopic (exact) mass is 296 g/mol. The standard InChI is InChI=1S/C17H16N2O3/c20-16-12-22-11-10-19(16)15-8-6-14(7-9-15)18-17(21)13-4-2-1-3-5-13/h1-9H,10-12H2,(H,18,21). The van der Waals surface area contributed by atoms with Crippen LogP contribution in [-0.4, -0.2) is 31.6 Å². The molecule has 0 saturated carbocycles. The first kappa shape index (κ1) is 14.3. The quantitative estimate of drug-likeness (QED) is 0.945. The largest absolute Gasteiger partial charge is 0.370 e. The molecule has 5 heteroatoms. The normalized spacial score (nSPS) is 14.7. The lowest BCUT2D eigenvalue weighted by atomic mass is 10.2. The van der Waals surface area contributed by atoms with Gasteiger partial charge in [-0.25, -0.2) is 0 Å². The van der Waals surface area contributed by atoms with Crippen molar-refractivity contribution >= 4 is 23.2 Å². The molecule has 22 heavy (non-hydrogen) atoms. The van der Waals surface area contributed by atoms with Crippen molar-refractivity contribution in [3.63, 3.8) is 0 Å². The molecule has 112 valence electrons. The van der Waals surface area contributed by atoms with Crippen LogP contribution in [0.5, 0.6) is 0 Å². The third kappa shape index (κ3) is 3.15. The minimum absolute atomic E-state index is 0.0488. The molecule has 2 amide bonds. The zero-order valence-corrected chi connectivity index (χ0v) is 12.0. The van der Waals surface area contributed by atoms with E-state index >= 15 is 0 Å². The third-order valence-corrected chi connectivity index (χ3v) is 3.46. The van der Waals surface area contributed by atoms with Gasteiger partial charge in [-0.15, -0.1) is 0 Å². The van der Waals surface area contributed by atoms with E-state index in [-0.39, 0.29) is 18.4 Å². The number of hydrogen-bond donors (Lipinski definition) is 1. The van der Waals surface area contributed by atoms with Crippen molar-refractivity contribution in [1.82, 2.24) is 0 Å². The highest BCUT2D eigenvalue weighted by atomic mass is 16.5. The Labute approximate surface area is 128 Å². The number of rotatable bonds is 3. The summed E-state index contributed by atoms with van der Waals surface area (Å²) in [6.07, 6.45) is 0. The van der Waals surface area contributed by atoms with E-state index in [1.54, 1.807) is 29.2 Å². The molecule has 0 atom stereocenters. The summed E-state index contributed by atoms with van der Waals surface area (Å²) in [5, 5.41) is 2.83. The van der Waals surface area contributed by atoms with Gasteiger partial charge in [0, 0.05) is 23.5 Å². The van der Waals surface area contributed by atoms with Gasteiger partial charge < -0.3 is 15.0 Å². The minimum Gasteiger partial charge on any atom is -0.370 e. The van der Waals surface area contributed by atoms with E-state index in [0.29, 0.717) is 24.4 Å². The fourth-order valence-corrected chi connectivity index (χ4v) is 2.31. The van der Waals surface area contributed by atoms with Crippen molar-refractivity contribution < 1.29 is 14.3 Å². The van der Waals surface area contributed by atoms with E-state index in [1.165, 1.54) is 0 Å². The summed E-state index contributed by atoms with van der Waals surface area (Å²) in [6, 6.07) is 16.3. The summed E-state index contributed by atoms with van der Waals surface area (Å²) in [6.45, 7) is 1.21. The molecule has 1 fully saturated rings. The summed E-state index contributed by atoms with van der Waals surface area (Å²) >= 11 is 0. The van der Waals surface area contributed by atoms with Crippen LogP contribution in [-0.2, 0) is 9.53 Å².